The number of piperidine rings is 1. The van der Waals surface area contributed by atoms with E-state index >= 15 is 0 Å². The average Bonchev–Trinajstić information content (AvgIpc) is 2.80. The van der Waals surface area contributed by atoms with Crippen molar-refractivity contribution in [2.75, 3.05) is 32.7 Å². The summed E-state index contributed by atoms with van der Waals surface area (Å²) in [6, 6.07) is -0.252. The van der Waals surface area contributed by atoms with Crippen molar-refractivity contribution in [1.29, 1.82) is 0 Å². The first-order chi connectivity index (χ1) is 7.75. The minimum absolute atomic E-state index is 0.252. The molecule has 2 rings (SSSR count). The fraction of sp³-hybridized carbons (Fsp3) is 0.917. The Kier molecular flexibility index (Phi) is 4.04. The SMILES string of the molecule is NC(=O)N1CCC(CCN2CCCC2)CC1. The van der Waals surface area contributed by atoms with E-state index < -0.39 is 0 Å². The maximum absolute atomic E-state index is 11.0. The third kappa shape index (κ3) is 3.11. The van der Waals surface area contributed by atoms with Crippen LogP contribution in [0.25, 0.3) is 0 Å². The summed E-state index contributed by atoms with van der Waals surface area (Å²) < 4.78 is 0. The third-order valence-corrected chi connectivity index (χ3v) is 3.98. The highest BCUT2D eigenvalue weighted by molar-refractivity contribution is 5.72. The zero-order chi connectivity index (χ0) is 11.4. The highest BCUT2D eigenvalue weighted by atomic mass is 16.2. The summed E-state index contributed by atoms with van der Waals surface area (Å²) in [5, 5.41) is 0. The van der Waals surface area contributed by atoms with Crippen LogP contribution >= 0.6 is 0 Å². The van der Waals surface area contributed by atoms with E-state index in [-0.39, 0.29) is 6.03 Å². The molecule has 2 aliphatic heterocycles. The van der Waals surface area contributed by atoms with E-state index in [2.05, 4.69) is 4.90 Å². The maximum atomic E-state index is 11.0. The van der Waals surface area contributed by atoms with Gasteiger partial charge in [0.2, 0.25) is 0 Å². The van der Waals surface area contributed by atoms with Gasteiger partial charge in [-0.1, -0.05) is 0 Å². The lowest BCUT2D eigenvalue weighted by molar-refractivity contribution is 0.170. The first-order valence-electron chi connectivity index (χ1n) is 6.52. The maximum Gasteiger partial charge on any atom is 0.314 e. The number of likely N-dealkylation sites (tertiary alicyclic amines) is 2. The second kappa shape index (κ2) is 5.53. The largest absolute Gasteiger partial charge is 0.351 e. The van der Waals surface area contributed by atoms with Crippen molar-refractivity contribution < 1.29 is 4.79 Å². The number of rotatable bonds is 3. The fourth-order valence-corrected chi connectivity index (χ4v) is 2.81. The number of nitrogens with zero attached hydrogens (tertiary/aromatic N) is 2. The van der Waals surface area contributed by atoms with Gasteiger partial charge >= 0.3 is 6.03 Å². The smallest absolute Gasteiger partial charge is 0.314 e. The van der Waals surface area contributed by atoms with Crippen LogP contribution in [-0.4, -0.2) is 48.6 Å². The van der Waals surface area contributed by atoms with Crippen LogP contribution in [0, 0.1) is 5.92 Å². The Hall–Kier alpha value is -0.770. The predicted molar refractivity (Wildman–Crippen MR) is 64.2 cm³/mol. The Morgan fingerprint density at radius 3 is 2.31 bits per heavy atom. The number of carbonyl (C=O) groups excluding carboxylic acids is 1. The number of primary amides is 1. The molecule has 0 unspecified atom stereocenters. The molecule has 0 bridgehead atoms. The van der Waals surface area contributed by atoms with E-state index in [9.17, 15) is 4.79 Å². The van der Waals surface area contributed by atoms with Gasteiger partial charge in [0.25, 0.3) is 0 Å². The summed E-state index contributed by atoms with van der Waals surface area (Å²) in [4.78, 5) is 15.3. The minimum Gasteiger partial charge on any atom is -0.351 e. The summed E-state index contributed by atoms with van der Waals surface area (Å²) in [6.07, 6.45) is 6.32. The van der Waals surface area contributed by atoms with Gasteiger partial charge in [-0.15, -0.1) is 0 Å². The minimum atomic E-state index is -0.252. The van der Waals surface area contributed by atoms with Gasteiger partial charge in [0.1, 0.15) is 0 Å². The van der Waals surface area contributed by atoms with Crippen LogP contribution in [0.4, 0.5) is 4.79 Å². The summed E-state index contributed by atoms with van der Waals surface area (Å²) in [7, 11) is 0. The Morgan fingerprint density at radius 2 is 1.75 bits per heavy atom. The van der Waals surface area contributed by atoms with E-state index in [4.69, 9.17) is 5.73 Å². The Bertz CT molecular complexity index is 230. The lowest BCUT2D eigenvalue weighted by atomic mass is 9.93. The molecule has 0 aromatic heterocycles. The van der Waals surface area contributed by atoms with Gasteiger partial charge < -0.3 is 15.5 Å². The monoisotopic (exact) mass is 225 g/mol. The lowest BCUT2D eigenvalue weighted by Gasteiger charge is -2.31. The van der Waals surface area contributed by atoms with Crippen LogP contribution in [0.1, 0.15) is 32.1 Å². The molecule has 2 aliphatic rings. The van der Waals surface area contributed by atoms with Gasteiger partial charge in [0.05, 0.1) is 0 Å². The molecule has 0 aliphatic carbocycles. The topological polar surface area (TPSA) is 49.6 Å². The van der Waals surface area contributed by atoms with E-state index in [1.807, 2.05) is 0 Å². The first kappa shape index (κ1) is 11.7. The van der Waals surface area contributed by atoms with Gasteiger partial charge in [-0.05, 0) is 57.7 Å². The average molecular weight is 225 g/mol. The molecule has 4 nitrogen and oxygen atoms in total. The highest BCUT2D eigenvalue weighted by Gasteiger charge is 2.22. The zero-order valence-electron chi connectivity index (χ0n) is 10.0. The number of hydrogen-bond acceptors (Lipinski definition) is 2. The van der Waals surface area contributed by atoms with Gasteiger partial charge in [-0.2, -0.15) is 0 Å². The summed E-state index contributed by atoms with van der Waals surface area (Å²) in [5.41, 5.74) is 5.26. The van der Waals surface area contributed by atoms with E-state index in [0.29, 0.717) is 0 Å². The molecule has 2 amide bonds. The summed E-state index contributed by atoms with van der Waals surface area (Å²) in [6.45, 7) is 5.56. The molecule has 2 N–H and O–H groups in total. The number of nitrogens with two attached hydrogens (primary N) is 1. The Labute approximate surface area is 97.8 Å². The van der Waals surface area contributed by atoms with Crippen molar-refractivity contribution in [2.45, 2.75) is 32.1 Å². The zero-order valence-corrected chi connectivity index (χ0v) is 10.0. The Morgan fingerprint density at radius 1 is 1.12 bits per heavy atom. The van der Waals surface area contributed by atoms with Crippen LogP contribution in [-0.2, 0) is 0 Å². The first-order valence-corrected chi connectivity index (χ1v) is 6.52. The number of hydrogen-bond donors (Lipinski definition) is 1. The second-order valence-electron chi connectivity index (χ2n) is 5.11. The van der Waals surface area contributed by atoms with Crippen LogP contribution in [0.5, 0.6) is 0 Å². The van der Waals surface area contributed by atoms with Crippen molar-refractivity contribution in [3.63, 3.8) is 0 Å². The molecular weight excluding hydrogens is 202 g/mol. The van der Waals surface area contributed by atoms with Crippen molar-refractivity contribution in [3.05, 3.63) is 0 Å². The molecule has 0 aromatic rings. The molecule has 16 heavy (non-hydrogen) atoms. The normalized spacial score (nSPS) is 23.9. The van der Waals surface area contributed by atoms with Crippen molar-refractivity contribution in [3.8, 4) is 0 Å². The fourth-order valence-electron chi connectivity index (χ4n) is 2.81. The van der Waals surface area contributed by atoms with Gasteiger partial charge in [-0.3, -0.25) is 0 Å². The van der Waals surface area contributed by atoms with E-state index in [1.165, 1.54) is 38.9 Å². The van der Waals surface area contributed by atoms with Crippen molar-refractivity contribution >= 4 is 6.03 Å². The molecule has 0 spiro atoms. The van der Waals surface area contributed by atoms with Gasteiger partial charge in [-0.25, -0.2) is 4.79 Å². The van der Waals surface area contributed by atoms with E-state index in [1.54, 1.807) is 4.90 Å². The molecule has 4 heteroatoms. The number of amides is 2. The molecule has 0 atom stereocenters. The summed E-state index contributed by atoms with van der Waals surface area (Å²) >= 11 is 0. The van der Waals surface area contributed by atoms with Crippen LogP contribution in [0.15, 0.2) is 0 Å². The molecule has 2 heterocycles. The molecule has 0 saturated carbocycles. The molecule has 0 radical (unpaired) electrons. The lowest BCUT2D eigenvalue weighted by Crippen LogP contribution is -2.42. The summed E-state index contributed by atoms with van der Waals surface area (Å²) in [5.74, 6) is 0.802. The van der Waals surface area contributed by atoms with Gasteiger partial charge in [0.15, 0.2) is 0 Å². The molecule has 0 aromatic carbocycles. The Balaban J connectivity index is 1.63. The molecule has 2 saturated heterocycles. The highest BCUT2D eigenvalue weighted by Crippen LogP contribution is 2.21. The standard InChI is InChI=1S/C12H23N3O/c13-12(16)15-9-4-11(5-10-15)3-8-14-6-1-2-7-14/h11H,1-10H2,(H2,13,16). The van der Waals surface area contributed by atoms with Crippen LogP contribution in [0.3, 0.4) is 0 Å². The van der Waals surface area contributed by atoms with E-state index in [0.717, 1.165) is 31.8 Å². The predicted octanol–water partition coefficient (Wildman–Crippen LogP) is 1.26. The van der Waals surface area contributed by atoms with Crippen molar-refractivity contribution in [2.24, 2.45) is 11.7 Å². The van der Waals surface area contributed by atoms with Gasteiger partial charge in [0, 0.05) is 13.1 Å². The molecule has 92 valence electrons. The number of carbonyl (C=O) groups is 1. The third-order valence-electron chi connectivity index (χ3n) is 3.98. The number of urea groups is 1. The van der Waals surface area contributed by atoms with Crippen LogP contribution < -0.4 is 5.73 Å². The molecule has 2 fully saturated rings. The molecular formula is C12H23N3O. The van der Waals surface area contributed by atoms with Crippen LogP contribution in [0.2, 0.25) is 0 Å². The quantitative estimate of drug-likeness (QED) is 0.786. The van der Waals surface area contributed by atoms with Crippen molar-refractivity contribution in [1.82, 2.24) is 9.80 Å². The second-order valence-corrected chi connectivity index (χ2v) is 5.11.